The van der Waals surface area contributed by atoms with E-state index in [9.17, 15) is 14.4 Å². The van der Waals surface area contributed by atoms with Crippen LogP contribution in [0.3, 0.4) is 0 Å². The number of esters is 1. The predicted octanol–water partition coefficient (Wildman–Crippen LogP) is 2.17. The molecule has 170 valence electrons. The number of carbonyl (C=O) groups is 3. The van der Waals surface area contributed by atoms with Crippen molar-refractivity contribution in [2.75, 3.05) is 53.0 Å². The highest BCUT2D eigenvalue weighted by Gasteiger charge is 2.33. The lowest BCUT2D eigenvalue weighted by atomic mass is 9.90. The molecule has 0 aliphatic carbocycles. The topological polar surface area (TPSA) is 125 Å². The van der Waals surface area contributed by atoms with E-state index in [-0.39, 0.29) is 37.5 Å². The van der Waals surface area contributed by atoms with Gasteiger partial charge in [-0.2, -0.15) is 0 Å². The van der Waals surface area contributed by atoms with E-state index in [1.807, 2.05) is 25.7 Å². The SMILES string of the molecule is COCC(=O)OCC1CN(C(=O)CCCCCN=[N+]=[N-])CCN1CC(=O)C(C)(C)C. The second-order valence-corrected chi connectivity index (χ2v) is 8.52. The van der Waals surface area contributed by atoms with Crippen LogP contribution in [0.1, 0.15) is 46.5 Å². The Morgan fingerprint density at radius 2 is 1.90 bits per heavy atom. The van der Waals surface area contributed by atoms with Crippen LogP contribution in [0.15, 0.2) is 5.11 Å². The molecule has 1 unspecified atom stereocenters. The summed E-state index contributed by atoms with van der Waals surface area (Å²) >= 11 is 0. The van der Waals surface area contributed by atoms with E-state index in [2.05, 4.69) is 10.0 Å². The van der Waals surface area contributed by atoms with E-state index >= 15 is 0 Å². The first-order valence-corrected chi connectivity index (χ1v) is 10.4. The number of Topliss-reactive ketones (excluding diaryl/α,β-unsaturated/α-hetero) is 1. The highest BCUT2D eigenvalue weighted by Crippen LogP contribution is 2.19. The van der Waals surface area contributed by atoms with Gasteiger partial charge < -0.3 is 14.4 Å². The Balaban J connectivity index is 2.63. The van der Waals surface area contributed by atoms with Crippen molar-refractivity contribution in [1.82, 2.24) is 9.80 Å². The summed E-state index contributed by atoms with van der Waals surface area (Å²) in [4.78, 5) is 43.3. The molecule has 10 nitrogen and oxygen atoms in total. The van der Waals surface area contributed by atoms with Crippen LogP contribution in [0.2, 0.25) is 0 Å². The standard InChI is InChI=1S/C20H35N5O5/c1-20(2,3)17(26)13-24-10-11-25(12-16(24)14-30-19(28)15-29-4)18(27)8-6-5-7-9-22-23-21/h16H,5-15H2,1-4H3. The molecule has 0 aromatic rings. The molecule has 1 atom stereocenters. The Kier molecular flexibility index (Phi) is 11.4. The summed E-state index contributed by atoms with van der Waals surface area (Å²) in [7, 11) is 1.42. The lowest BCUT2D eigenvalue weighted by Gasteiger charge is -2.41. The summed E-state index contributed by atoms with van der Waals surface area (Å²) in [5.74, 6) is -0.313. The van der Waals surface area contributed by atoms with E-state index < -0.39 is 11.4 Å². The first-order chi connectivity index (χ1) is 14.2. The van der Waals surface area contributed by atoms with Gasteiger partial charge in [0.1, 0.15) is 13.2 Å². The Morgan fingerprint density at radius 3 is 2.53 bits per heavy atom. The van der Waals surface area contributed by atoms with E-state index in [4.69, 9.17) is 15.0 Å². The monoisotopic (exact) mass is 425 g/mol. The maximum absolute atomic E-state index is 12.6. The second-order valence-electron chi connectivity index (χ2n) is 8.52. The highest BCUT2D eigenvalue weighted by atomic mass is 16.6. The zero-order chi connectivity index (χ0) is 22.6. The molecule has 0 spiro atoms. The van der Waals surface area contributed by atoms with Crippen molar-refractivity contribution < 1.29 is 23.9 Å². The third kappa shape index (κ3) is 9.56. The number of hydrogen-bond acceptors (Lipinski definition) is 7. The van der Waals surface area contributed by atoms with Crippen LogP contribution in [-0.2, 0) is 23.9 Å². The number of azide groups is 1. The molecule has 1 aliphatic heterocycles. The Bertz CT molecular complexity index is 628. The summed E-state index contributed by atoms with van der Waals surface area (Å²) in [6.45, 7) is 7.82. The molecule has 1 amide bonds. The van der Waals surface area contributed by atoms with Gasteiger partial charge in [-0.05, 0) is 18.4 Å². The van der Waals surface area contributed by atoms with Crippen LogP contribution in [0.5, 0.6) is 0 Å². The Morgan fingerprint density at radius 1 is 1.17 bits per heavy atom. The van der Waals surface area contributed by atoms with Crippen LogP contribution in [0, 0.1) is 5.41 Å². The zero-order valence-corrected chi connectivity index (χ0v) is 18.6. The molecule has 1 fully saturated rings. The molecule has 0 saturated carbocycles. The zero-order valence-electron chi connectivity index (χ0n) is 18.6. The average molecular weight is 426 g/mol. The van der Waals surface area contributed by atoms with E-state index in [1.54, 1.807) is 4.90 Å². The molecule has 1 heterocycles. The largest absolute Gasteiger partial charge is 0.462 e. The summed E-state index contributed by atoms with van der Waals surface area (Å²) in [5, 5.41) is 3.49. The molecular formula is C20H35N5O5. The lowest BCUT2D eigenvalue weighted by Crippen LogP contribution is -2.58. The molecule has 0 radical (unpaired) electrons. The van der Waals surface area contributed by atoms with Gasteiger partial charge in [-0.25, -0.2) is 4.79 Å². The number of hydrogen-bond donors (Lipinski definition) is 0. The molecule has 0 N–H and O–H groups in total. The molecule has 30 heavy (non-hydrogen) atoms. The minimum absolute atomic E-state index is 0.0498. The van der Waals surface area contributed by atoms with E-state index in [0.29, 0.717) is 32.6 Å². The van der Waals surface area contributed by atoms with E-state index in [0.717, 1.165) is 19.3 Å². The van der Waals surface area contributed by atoms with Crippen molar-refractivity contribution >= 4 is 17.7 Å². The molecular weight excluding hydrogens is 390 g/mol. The van der Waals surface area contributed by atoms with Gasteiger partial charge in [-0.1, -0.05) is 32.3 Å². The fourth-order valence-corrected chi connectivity index (χ4v) is 3.09. The number of piperazine rings is 1. The predicted molar refractivity (Wildman–Crippen MR) is 112 cm³/mol. The number of unbranched alkanes of at least 4 members (excludes halogenated alkanes) is 2. The smallest absolute Gasteiger partial charge is 0.332 e. The molecule has 10 heteroatoms. The third-order valence-electron chi connectivity index (χ3n) is 5.05. The molecule has 1 aliphatic rings. The van der Waals surface area contributed by atoms with Gasteiger partial charge in [0.25, 0.3) is 0 Å². The van der Waals surface area contributed by atoms with Crippen molar-refractivity contribution in [3.8, 4) is 0 Å². The Labute approximate surface area is 178 Å². The number of ether oxygens (including phenoxy) is 2. The number of amides is 1. The van der Waals surface area contributed by atoms with Gasteiger partial charge >= 0.3 is 5.97 Å². The van der Waals surface area contributed by atoms with Gasteiger partial charge in [0.05, 0.1) is 12.6 Å². The van der Waals surface area contributed by atoms with Crippen LogP contribution >= 0.6 is 0 Å². The van der Waals surface area contributed by atoms with Gasteiger partial charge in [-0.15, -0.1) is 0 Å². The van der Waals surface area contributed by atoms with Crippen LogP contribution in [-0.4, -0.2) is 86.5 Å². The summed E-state index contributed by atoms with van der Waals surface area (Å²) in [6.07, 6.45) is 2.74. The maximum Gasteiger partial charge on any atom is 0.332 e. The molecule has 1 rings (SSSR count). The van der Waals surface area contributed by atoms with Crippen LogP contribution in [0.25, 0.3) is 10.4 Å². The molecule has 1 saturated heterocycles. The molecule has 0 bridgehead atoms. The summed E-state index contributed by atoms with van der Waals surface area (Å²) < 4.78 is 10.1. The number of ketones is 1. The van der Waals surface area contributed by atoms with Gasteiger partial charge in [0, 0.05) is 50.0 Å². The maximum atomic E-state index is 12.6. The summed E-state index contributed by atoms with van der Waals surface area (Å²) in [5.41, 5.74) is 7.81. The summed E-state index contributed by atoms with van der Waals surface area (Å²) in [6, 6.07) is -0.236. The second kappa shape index (κ2) is 13.2. The highest BCUT2D eigenvalue weighted by molar-refractivity contribution is 5.85. The lowest BCUT2D eigenvalue weighted by molar-refractivity contribution is -0.151. The molecule has 0 aromatic carbocycles. The molecule has 0 aromatic heterocycles. The first kappa shape index (κ1) is 25.9. The quantitative estimate of drug-likeness (QED) is 0.155. The normalized spacial score (nSPS) is 17.3. The first-order valence-electron chi connectivity index (χ1n) is 10.4. The van der Waals surface area contributed by atoms with Crippen LogP contribution in [0.4, 0.5) is 0 Å². The minimum atomic E-state index is -0.469. The van der Waals surface area contributed by atoms with Crippen molar-refractivity contribution in [1.29, 1.82) is 0 Å². The number of rotatable bonds is 12. The fourth-order valence-electron chi connectivity index (χ4n) is 3.09. The van der Waals surface area contributed by atoms with Crippen molar-refractivity contribution in [3.63, 3.8) is 0 Å². The number of methoxy groups -OCH3 is 1. The van der Waals surface area contributed by atoms with Gasteiger partial charge in [-0.3, -0.25) is 14.5 Å². The Hall–Kier alpha value is -2.16. The third-order valence-corrected chi connectivity index (χ3v) is 5.05. The van der Waals surface area contributed by atoms with Gasteiger partial charge in [0.2, 0.25) is 5.91 Å². The minimum Gasteiger partial charge on any atom is -0.462 e. The van der Waals surface area contributed by atoms with Crippen molar-refractivity contribution in [2.45, 2.75) is 52.5 Å². The van der Waals surface area contributed by atoms with E-state index in [1.165, 1.54) is 7.11 Å². The van der Waals surface area contributed by atoms with Crippen molar-refractivity contribution in [2.24, 2.45) is 10.5 Å². The fraction of sp³-hybridized carbons (Fsp3) is 0.850. The number of carbonyl (C=O) groups excluding carboxylic acids is 3. The average Bonchev–Trinajstić information content (AvgIpc) is 2.69. The van der Waals surface area contributed by atoms with Crippen molar-refractivity contribution in [3.05, 3.63) is 10.4 Å². The van der Waals surface area contributed by atoms with Gasteiger partial charge in [0.15, 0.2) is 5.78 Å². The number of nitrogens with zero attached hydrogens (tertiary/aromatic N) is 5. The van der Waals surface area contributed by atoms with Crippen LogP contribution < -0.4 is 0 Å².